The number of hydrogen-bond donors (Lipinski definition) is 0. The highest BCUT2D eigenvalue weighted by atomic mass is 79.9. The Morgan fingerprint density at radius 2 is 2.25 bits per heavy atom. The van der Waals surface area contributed by atoms with Crippen molar-refractivity contribution in [2.75, 3.05) is 39.5 Å². The zero-order valence-electron chi connectivity index (χ0n) is 9.12. The Kier molecular flexibility index (Phi) is 4.63. The van der Waals surface area contributed by atoms with Crippen LogP contribution in [0.3, 0.4) is 0 Å². The number of ether oxygens (including phenoxy) is 2. The second-order valence-electron chi connectivity index (χ2n) is 3.67. The van der Waals surface area contributed by atoms with Gasteiger partial charge >= 0.3 is 0 Å². The van der Waals surface area contributed by atoms with E-state index in [1.54, 1.807) is 0 Å². The van der Waals surface area contributed by atoms with Gasteiger partial charge in [0.25, 0.3) is 0 Å². The second-order valence-corrected chi connectivity index (χ2v) is 4.53. The van der Waals surface area contributed by atoms with E-state index in [9.17, 15) is 0 Å². The molecule has 1 aromatic carbocycles. The molecule has 0 aromatic heterocycles. The van der Waals surface area contributed by atoms with Crippen molar-refractivity contribution in [3.05, 3.63) is 28.7 Å². The van der Waals surface area contributed by atoms with E-state index in [1.807, 2.05) is 18.2 Å². The monoisotopic (exact) mass is 284 g/mol. The van der Waals surface area contributed by atoms with Crippen LogP contribution in [0.2, 0.25) is 0 Å². The Labute approximate surface area is 104 Å². The lowest BCUT2D eigenvalue weighted by molar-refractivity contribution is 0.0322. The topological polar surface area (TPSA) is 21.7 Å². The number of halogens is 1. The summed E-state index contributed by atoms with van der Waals surface area (Å²) < 4.78 is 11.9. The Morgan fingerprint density at radius 1 is 1.44 bits per heavy atom. The van der Waals surface area contributed by atoms with Gasteiger partial charge in [-0.15, -0.1) is 0 Å². The normalized spacial score (nSPS) is 17.3. The highest BCUT2D eigenvalue weighted by Crippen LogP contribution is 2.17. The van der Waals surface area contributed by atoms with Gasteiger partial charge in [-0.25, -0.2) is 0 Å². The number of hydrogen-bond acceptors (Lipinski definition) is 3. The van der Waals surface area contributed by atoms with Gasteiger partial charge in [0, 0.05) is 24.1 Å². The molecular formula is C12H15BrNO2. The van der Waals surface area contributed by atoms with Crippen molar-refractivity contribution >= 4 is 15.9 Å². The lowest BCUT2D eigenvalue weighted by Gasteiger charge is -2.26. The number of nitrogens with zero attached hydrogens (tertiary/aromatic N) is 1. The molecule has 1 aliphatic rings. The Bertz CT molecular complexity index is 327. The molecule has 1 heterocycles. The van der Waals surface area contributed by atoms with E-state index < -0.39 is 0 Å². The summed E-state index contributed by atoms with van der Waals surface area (Å²) in [6, 6.07) is 8.73. The van der Waals surface area contributed by atoms with Crippen LogP contribution in [-0.2, 0) is 4.74 Å². The molecular weight excluding hydrogens is 270 g/mol. The van der Waals surface area contributed by atoms with Crippen LogP contribution < -0.4 is 4.74 Å². The SMILES string of the molecule is Brc1[c]ccc(OCCN2CCOCC2)c1. The van der Waals surface area contributed by atoms with Crippen molar-refractivity contribution < 1.29 is 9.47 Å². The molecule has 0 N–H and O–H groups in total. The standard InChI is InChI=1S/C12H15BrNO2/c13-11-2-1-3-12(10-11)16-9-6-14-4-7-15-8-5-14/h1,3,10H,4-9H2. The number of morpholine rings is 1. The highest BCUT2D eigenvalue weighted by molar-refractivity contribution is 9.10. The summed E-state index contributed by atoms with van der Waals surface area (Å²) in [5, 5.41) is 0. The third-order valence-electron chi connectivity index (χ3n) is 2.52. The van der Waals surface area contributed by atoms with E-state index in [-0.39, 0.29) is 0 Å². The van der Waals surface area contributed by atoms with Crippen LogP contribution in [0.4, 0.5) is 0 Å². The van der Waals surface area contributed by atoms with Gasteiger partial charge in [-0.05, 0) is 24.3 Å². The first kappa shape index (κ1) is 11.9. The average molecular weight is 285 g/mol. The van der Waals surface area contributed by atoms with Crippen LogP contribution >= 0.6 is 15.9 Å². The van der Waals surface area contributed by atoms with E-state index >= 15 is 0 Å². The molecule has 0 unspecified atom stereocenters. The summed E-state index contributed by atoms with van der Waals surface area (Å²) in [6.07, 6.45) is 0. The lowest BCUT2D eigenvalue weighted by atomic mass is 10.3. The minimum Gasteiger partial charge on any atom is -0.492 e. The Balaban J connectivity index is 1.71. The maximum atomic E-state index is 5.66. The zero-order valence-corrected chi connectivity index (χ0v) is 10.7. The van der Waals surface area contributed by atoms with Crippen molar-refractivity contribution in [3.63, 3.8) is 0 Å². The van der Waals surface area contributed by atoms with Gasteiger partial charge in [-0.3, -0.25) is 4.90 Å². The van der Waals surface area contributed by atoms with Crippen molar-refractivity contribution in [1.82, 2.24) is 4.90 Å². The summed E-state index contributed by atoms with van der Waals surface area (Å²) in [4.78, 5) is 2.35. The molecule has 1 saturated heterocycles. The van der Waals surface area contributed by atoms with Gasteiger partial charge in [0.15, 0.2) is 0 Å². The lowest BCUT2D eigenvalue weighted by Crippen LogP contribution is -2.38. The third-order valence-corrected chi connectivity index (χ3v) is 2.98. The summed E-state index contributed by atoms with van der Waals surface area (Å²) in [7, 11) is 0. The molecule has 0 atom stereocenters. The van der Waals surface area contributed by atoms with E-state index in [4.69, 9.17) is 9.47 Å². The predicted molar refractivity (Wildman–Crippen MR) is 65.7 cm³/mol. The van der Waals surface area contributed by atoms with Crippen LogP contribution in [0, 0.1) is 6.07 Å². The molecule has 1 aliphatic heterocycles. The van der Waals surface area contributed by atoms with E-state index in [2.05, 4.69) is 26.9 Å². The first-order valence-electron chi connectivity index (χ1n) is 5.45. The van der Waals surface area contributed by atoms with Crippen molar-refractivity contribution in [2.24, 2.45) is 0 Å². The van der Waals surface area contributed by atoms with Gasteiger partial charge in [0.1, 0.15) is 12.4 Å². The molecule has 0 spiro atoms. The van der Waals surface area contributed by atoms with Gasteiger partial charge in [0.2, 0.25) is 0 Å². The molecule has 4 heteroatoms. The molecule has 0 amide bonds. The van der Waals surface area contributed by atoms with Crippen LogP contribution in [0.25, 0.3) is 0 Å². The maximum absolute atomic E-state index is 5.66. The van der Waals surface area contributed by atoms with E-state index in [0.29, 0.717) is 0 Å². The molecule has 1 radical (unpaired) electrons. The fourth-order valence-electron chi connectivity index (χ4n) is 1.63. The van der Waals surface area contributed by atoms with E-state index in [1.165, 1.54) is 0 Å². The third kappa shape index (κ3) is 3.77. The first-order valence-corrected chi connectivity index (χ1v) is 6.24. The highest BCUT2D eigenvalue weighted by Gasteiger charge is 2.09. The van der Waals surface area contributed by atoms with Crippen LogP contribution in [0.15, 0.2) is 22.7 Å². The molecule has 0 saturated carbocycles. The van der Waals surface area contributed by atoms with Crippen LogP contribution in [-0.4, -0.2) is 44.4 Å². The van der Waals surface area contributed by atoms with E-state index in [0.717, 1.165) is 49.7 Å². The molecule has 87 valence electrons. The quantitative estimate of drug-likeness (QED) is 0.844. The molecule has 0 aliphatic carbocycles. The summed E-state index contributed by atoms with van der Waals surface area (Å²) in [5.74, 6) is 0.888. The smallest absolute Gasteiger partial charge is 0.120 e. The molecule has 16 heavy (non-hydrogen) atoms. The van der Waals surface area contributed by atoms with Crippen LogP contribution in [0.1, 0.15) is 0 Å². The summed E-state index contributed by atoms with van der Waals surface area (Å²) >= 11 is 3.37. The molecule has 1 fully saturated rings. The Morgan fingerprint density at radius 3 is 3.00 bits per heavy atom. The molecule has 0 bridgehead atoms. The van der Waals surface area contributed by atoms with Crippen molar-refractivity contribution in [2.45, 2.75) is 0 Å². The number of rotatable bonds is 4. The predicted octanol–water partition coefficient (Wildman–Crippen LogP) is 1.96. The molecule has 1 aromatic rings. The number of benzene rings is 1. The van der Waals surface area contributed by atoms with Gasteiger partial charge in [0.05, 0.1) is 13.2 Å². The maximum Gasteiger partial charge on any atom is 0.120 e. The summed E-state index contributed by atoms with van der Waals surface area (Å²) in [6.45, 7) is 5.37. The molecule has 2 rings (SSSR count). The zero-order chi connectivity index (χ0) is 11.2. The van der Waals surface area contributed by atoms with Gasteiger partial charge < -0.3 is 9.47 Å². The van der Waals surface area contributed by atoms with Crippen LogP contribution in [0.5, 0.6) is 5.75 Å². The first-order chi connectivity index (χ1) is 7.84. The average Bonchev–Trinajstić information content (AvgIpc) is 2.30. The van der Waals surface area contributed by atoms with Gasteiger partial charge in [-0.1, -0.05) is 15.9 Å². The van der Waals surface area contributed by atoms with Crippen molar-refractivity contribution in [3.8, 4) is 5.75 Å². The minimum absolute atomic E-state index is 0.719. The largest absolute Gasteiger partial charge is 0.492 e. The Hall–Kier alpha value is -0.580. The van der Waals surface area contributed by atoms with Crippen molar-refractivity contribution in [1.29, 1.82) is 0 Å². The fraction of sp³-hybridized carbons (Fsp3) is 0.500. The molecule has 3 nitrogen and oxygen atoms in total. The van der Waals surface area contributed by atoms with Gasteiger partial charge in [-0.2, -0.15) is 0 Å². The minimum atomic E-state index is 0.719. The summed E-state index contributed by atoms with van der Waals surface area (Å²) in [5.41, 5.74) is 0. The fourth-order valence-corrected chi connectivity index (χ4v) is 1.98. The second kappa shape index (κ2) is 6.23.